The molecule has 1 heterocycles. The quantitative estimate of drug-likeness (QED) is 0.556. The number of ether oxygens (including phenoxy) is 2. The van der Waals surface area contributed by atoms with Crippen LogP contribution in [0.15, 0.2) is 30.3 Å². The van der Waals surface area contributed by atoms with E-state index >= 15 is 0 Å². The molecule has 31 heavy (non-hydrogen) atoms. The van der Waals surface area contributed by atoms with E-state index < -0.39 is 42.9 Å². The van der Waals surface area contributed by atoms with Crippen LogP contribution in [-0.4, -0.2) is 58.1 Å². The summed E-state index contributed by atoms with van der Waals surface area (Å²) < 4.78 is 25.4. The number of halogens is 1. The molecular formula is C24H29FO6. The van der Waals surface area contributed by atoms with Crippen LogP contribution in [0.1, 0.15) is 47.3 Å². The molecule has 2 aromatic rings. The molecule has 5 atom stereocenters. The van der Waals surface area contributed by atoms with Gasteiger partial charge in [0, 0.05) is 0 Å². The molecule has 0 radical (unpaired) electrons. The standard InChI is InChI=1S/C24H29FO6/c1-2-30-19-7-6-13(9-18(19)25)8-15-11-16(10-14-4-3-5-17(14)15)24-23(29)22(28)21(27)20(12-26)31-24/h6-7,9-11,20-24,26-29H,2-5,8,12H2,1H3. The van der Waals surface area contributed by atoms with E-state index in [-0.39, 0.29) is 5.75 Å². The number of hydrogen-bond acceptors (Lipinski definition) is 6. The zero-order valence-electron chi connectivity index (χ0n) is 17.5. The lowest BCUT2D eigenvalue weighted by molar-refractivity contribution is -0.231. The predicted molar refractivity (Wildman–Crippen MR) is 112 cm³/mol. The van der Waals surface area contributed by atoms with Crippen molar-refractivity contribution in [2.75, 3.05) is 13.2 Å². The Bertz CT molecular complexity index is 931. The maximum absolute atomic E-state index is 14.3. The second kappa shape index (κ2) is 9.22. The van der Waals surface area contributed by atoms with Crippen molar-refractivity contribution in [1.82, 2.24) is 0 Å². The smallest absolute Gasteiger partial charge is 0.165 e. The highest BCUT2D eigenvalue weighted by Gasteiger charge is 2.44. The van der Waals surface area contributed by atoms with Gasteiger partial charge in [-0.2, -0.15) is 0 Å². The molecule has 6 nitrogen and oxygen atoms in total. The van der Waals surface area contributed by atoms with Crippen LogP contribution in [0, 0.1) is 5.82 Å². The minimum Gasteiger partial charge on any atom is -0.491 e. The van der Waals surface area contributed by atoms with Gasteiger partial charge in [0.05, 0.1) is 13.2 Å². The number of fused-ring (bicyclic) bond motifs is 1. The molecule has 7 heteroatoms. The van der Waals surface area contributed by atoms with E-state index in [0.29, 0.717) is 18.6 Å². The first-order valence-electron chi connectivity index (χ1n) is 10.8. The minimum absolute atomic E-state index is 0.228. The second-order valence-electron chi connectivity index (χ2n) is 8.30. The molecule has 1 fully saturated rings. The highest BCUT2D eigenvalue weighted by molar-refractivity contribution is 5.46. The topological polar surface area (TPSA) is 99.4 Å². The Balaban J connectivity index is 1.66. The lowest BCUT2D eigenvalue weighted by atomic mass is 9.87. The Morgan fingerprint density at radius 2 is 1.87 bits per heavy atom. The van der Waals surface area contributed by atoms with Gasteiger partial charge >= 0.3 is 0 Å². The van der Waals surface area contributed by atoms with Gasteiger partial charge < -0.3 is 29.9 Å². The third-order valence-corrected chi connectivity index (χ3v) is 6.24. The van der Waals surface area contributed by atoms with E-state index in [0.717, 1.165) is 36.0 Å². The fraction of sp³-hybridized carbons (Fsp3) is 0.500. The van der Waals surface area contributed by atoms with E-state index in [4.69, 9.17) is 9.47 Å². The molecule has 4 rings (SSSR count). The van der Waals surface area contributed by atoms with Gasteiger partial charge in [-0.1, -0.05) is 18.2 Å². The summed E-state index contributed by atoms with van der Waals surface area (Å²) in [5.41, 5.74) is 4.88. The van der Waals surface area contributed by atoms with Crippen LogP contribution < -0.4 is 4.74 Å². The summed E-state index contributed by atoms with van der Waals surface area (Å²) in [7, 11) is 0. The lowest BCUT2D eigenvalue weighted by Gasteiger charge is -2.40. The Morgan fingerprint density at radius 3 is 2.58 bits per heavy atom. The van der Waals surface area contributed by atoms with Crippen molar-refractivity contribution in [3.8, 4) is 5.75 Å². The summed E-state index contributed by atoms with van der Waals surface area (Å²) in [6.45, 7) is 1.73. The van der Waals surface area contributed by atoms with Gasteiger partial charge in [-0.15, -0.1) is 0 Å². The van der Waals surface area contributed by atoms with E-state index in [1.54, 1.807) is 13.0 Å². The predicted octanol–water partition coefficient (Wildman–Crippen LogP) is 1.82. The van der Waals surface area contributed by atoms with Crippen molar-refractivity contribution in [2.45, 2.75) is 63.1 Å². The molecule has 2 aromatic carbocycles. The van der Waals surface area contributed by atoms with Crippen molar-refractivity contribution in [3.05, 3.63) is 64.0 Å². The largest absolute Gasteiger partial charge is 0.491 e. The molecule has 4 N–H and O–H groups in total. The summed E-state index contributed by atoms with van der Waals surface area (Å²) in [4.78, 5) is 0. The fourth-order valence-electron chi connectivity index (χ4n) is 4.67. The van der Waals surface area contributed by atoms with E-state index in [1.807, 2.05) is 18.2 Å². The SMILES string of the molecule is CCOc1ccc(Cc2cc(C3OC(CO)C(O)C(O)C3O)cc3c2CCC3)cc1F. The van der Waals surface area contributed by atoms with Crippen LogP contribution in [0.5, 0.6) is 5.75 Å². The van der Waals surface area contributed by atoms with Crippen molar-refractivity contribution in [1.29, 1.82) is 0 Å². The summed E-state index contributed by atoms with van der Waals surface area (Å²) in [5, 5.41) is 40.3. The van der Waals surface area contributed by atoms with Gasteiger partial charge in [0.15, 0.2) is 11.6 Å². The van der Waals surface area contributed by atoms with Crippen LogP contribution in [0.3, 0.4) is 0 Å². The molecule has 0 amide bonds. The lowest BCUT2D eigenvalue weighted by Crippen LogP contribution is -2.55. The molecule has 2 aliphatic rings. The maximum atomic E-state index is 14.3. The monoisotopic (exact) mass is 432 g/mol. The first-order valence-corrected chi connectivity index (χ1v) is 10.8. The Morgan fingerprint density at radius 1 is 1.06 bits per heavy atom. The zero-order valence-corrected chi connectivity index (χ0v) is 17.5. The fourth-order valence-corrected chi connectivity index (χ4v) is 4.67. The normalized spacial score (nSPS) is 27.9. The molecule has 0 spiro atoms. The number of hydrogen-bond donors (Lipinski definition) is 4. The number of rotatable bonds is 6. The van der Waals surface area contributed by atoms with Crippen LogP contribution >= 0.6 is 0 Å². The highest BCUT2D eigenvalue weighted by Crippen LogP contribution is 2.37. The maximum Gasteiger partial charge on any atom is 0.165 e. The van der Waals surface area contributed by atoms with E-state index in [1.165, 1.54) is 11.6 Å². The van der Waals surface area contributed by atoms with Crippen LogP contribution in [0.25, 0.3) is 0 Å². The summed E-state index contributed by atoms with van der Waals surface area (Å²) in [6.07, 6.45) is -2.63. The second-order valence-corrected chi connectivity index (χ2v) is 8.30. The third kappa shape index (κ3) is 4.33. The number of aryl methyl sites for hydroxylation is 1. The van der Waals surface area contributed by atoms with Gasteiger partial charge in [-0.3, -0.25) is 0 Å². The van der Waals surface area contributed by atoms with E-state index in [2.05, 4.69) is 0 Å². The third-order valence-electron chi connectivity index (χ3n) is 6.24. The molecular weight excluding hydrogens is 403 g/mol. The minimum atomic E-state index is -1.42. The van der Waals surface area contributed by atoms with Gasteiger partial charge in [0.1, 0.15) is 30.5 Å². The molecule has 0 aromatic heterocycles. The molecule has 0 bridgehead atoms. The summed E-state index contributed by atoms with van der Waals surface area (Å²) >= 11 is 0. The summed E-state index contributed by atoms with van der Waals surface area (Å²) in [5.74, 6) is -0.173. The zero-order chi connectivity index (χ0) is 22.1. The van der Waals surface area contributed by atoms with Gasteiger partial charge in [0.2, 0.25) is 0 Å². The van der Waals surface area contributed by atoms with Crippen LogP contribution in [0.4, 0.5) is 4.39 Å². The Kier molecular flexibility index (Phi) is 6.60. The Labute approximate surface area is 180 Å². The summed E-state index contributed by atoms with van der Waals surface area (Å²) in [6, 6.07) is 8.85. The molecule has 5 unspecified atom stereocenters. The molecule has 1 aliphatic heterocycles. The number of aliphatic hydroxyl groups excluding tert-OH is 4. The molecule has 1 saturated heterocycles. The molecule has 1 aliphatic carbocycles. The van der Waals surface area contributed by atoms with Crippen molar-refractivity contribution < 1.29 is 34.3 Å². The van der Waals surface area contributed by atoms with Crippen molar-refractivity contribution in [2.24, 2.45) is 0 Å². The van der Waals surface area contributed by atoms with Crippen LogP contribution in [0.2, 0.25) is 0 Å². The van der Waals surface area contributed by atoms with Gasteiger partial charge in [-0.25, -0.2) is 4.39 Å². The number of benzene rings is 2. The Hall–Kier alpha value is -2.03. The first-order chi connectivity index (χ1) is 14.9. The highest BCUT2D eigenvalue weighted by atomic mass is 19.1. The van der Waals surface area contributed by atoms with Crippen molar-refractivity contribution in [3.63, 3.8) is 0 Å². The molecule has 0 saturated carbocycles. The number of aliphatic hydroxyl groups is 4. The van der Waals surface area contributed by atoms with Gasteiger partial charge in [0.25, 0.3) is 0 Å². The van der Waals surface area contributed by atoms with Crippen molar-refractivity contribution >= 4 is 0 Å². The first kappa shape index (κ1) is 22.2. The van der Waals surface area contributed by atoms with E-state index in [9.17, 15) is 24.8 Å². The average Bonchev–Trinajstić information content (AvgIpc) is 3.23. The van der Waals surface area contributed by atoms with Crippen LogP contribution in [-0.2, 0) is 24.0 Å². The van der Waals surface area contributed by atoms with Gasteiger partial charge in [-0.05, 0) is 72.6 Å². The average molecular weight is 432 g/mol. The molecule has 168 valence electrons.